The minimum absolute atomic E-state index is 0.0950. The van der Waals surface area contributed by atoms with Gasteiger partial charge in [-0.1, -0.05) is 31.6 Å². The molecule has 1 rings (SSSR count). The van der Waals surface area contributed by atoms with E-state index in [1.54, 1.807) is 13.0 Å². The van der Waals surface area contributed by atoms with Crippen molar-refractivity contribution in [3.05, 3.63) is 24.3 Å². The summed E-state index contributed by atoms with van der Waals surface area (Å²) in [5, 5.41) is 10.1. The third kappa shape index (κ3) is 3.95. The number of carbonyl (C=O) groups is 1. The molecular weight excluding hydrogens is 252 g/mol. The van der Waals surface area contributed by atoms with Gasteiger partial charge in [0.25, 0.3) is 0 Å². The molecule has 0 unspecified atom stereocenters. The van der Waals surface area contributed by atoms with Crippen LogP contribution in [0.15, 0.2) is 24.3 Å². The Balaban J connectivity index is 2.86. The highest BCUT2D eigenvalue weighted by molar-refractivity contribution is 5.66. The van der Waals surface area contributed by atoms with Crippen LogP contribution in [0, 0.1) is 11.3 Å². The summed E-state index contributed by atoms with van der Waals surface area (Å²) < 4.78 is 5.48. The van der Waals surface area contributed by atoms with Crippen molar-refractivity contribution in [2.45, 2.75) is 65.6 Å². The van der Waals surface area contributed by atoms with Crippen LogP contribution in [0.2, 0.25) is 0 Å². The van der Waals surface area contributed by atoms with Gasteiger partial charge in [-0.15, -0.1) is 6.58 Å². The molecule has 0 aromatic heterocycles. The average Bonchev–Trinajstić information content (AvgIpc) is 2.32. The van der Waals surface area contributed by atoms with Crippen LogP contribution in [-0.4, -0.2) is 22.8 Å². The lowest BCUT2D eigenvalue weighted by molar-refractivity contribution is -0.155. The Kier molecular flexibility index (Phi) is 5.20. The maximum atomic E-state index is 11.3. The van der Waals surface area contributed by atoms with Crippen molar-refractivity contribution in [2.24, 2.45) is 11.3 Å². The van der Waals surface area contributed by atoms with Crippen LogP contribution in [0.4, 0.5) is 0 Å². The van der Waals surface area contributed by atoms with Gasteiger partial charge in [0.15, 0.2) is 0 Å². The average molecular weight is 280 g/mol. The molecule has 3 nitrogen and oxygen atoms in total. The number of rotatable bonds is 5. The molecule has 0 heterocycles. The van der Waals surface area contributed by atoms with E-state index in [-0.39, 0.29) is 17.5 Å². The number of ether oxygens (including phenoxy) is 1. The Labute approximate surface area is 122 Å². The smallest absolute Gasteiger partial charge is 0.302 e. The summed E-state index contributed by atoms with van der Waals surface area (Å²) in [5.74, 6) is 0.0693. The van der Waals surface area contributed by atoms with Gasteiger partial charge < -0.3 is 9.84 Å². The van der Waals surface area contributed by atoms with Crippen molar-refractivity contribution in [3.8, 4) is 0 Å². The first-order valence-corrected chi connectivity index (χ1v) is 7.30. The Morgan fingerprint density at radius 3 is 2.75 bits per heavy atom. The van der Waals surface area contributed by atoms with Gasteiger partial charge >= 0.3 is 5.97 Å². The van der Waals surface area contributed by atoms with E-state index in [1.165, 1.54) is 12.5 Å². The van der Waals surface area contributed by atoms with Gasteiger partial charge in [-0.3, -0.25) is 4.79 Å². The number of hydrogen-bond donors (Lipinski definition) is 1. The normalized spacial score (nSPS) is 28.2. The Hall–Kier alpha value is -1.09. The van der Waals surface area contributed by atoms with E-state index < -0.39 is 5.60 Å². The first kappa shape index (κ1) is 17.0. The van der Waals surface area contributed by atoms with Gasteiger partial charge in [-0.2, -0.15) is 0 Å². The zero-order chi connectivity index (χ0) is 15.6. The van der Waals surface area contributed by atoms with E-state index in [0.29, 0.717) is 12.3 Å². The topological polar surface area (TPSA) is 46.5 Å². The summed E-state index contributed by atoms with van der Waals surface area (Å²) in [6.07, 6.45) is 5.93. The Morgan fingerprint density at radius 2 is 2.25 bits per heavy atom. The number of aliphatic hydroxyl groups is 1. The second-order valence-electron chi connectivity index (χ2n) is 6.76. The predicted molar refractivity (Wildman–Crippen MR) is 81.3 cm³/mol. The molecule has 0 saturated carbocycles. The predicted octanol–water partition coefficient (Wildman–Crippen LogP) is 3.63. The SMILES string of the molecule is C=C[C@](C)(O)CC[C@@H]1C(C)=CC[C@H](OC(C)=O)C1(C)C. The number of allylic oxidation sites excluding steroid dienone is 1. The third-order valence-corrected chi connectivity index (χ3v) is 4.62. The lowest BCUT2D eigenvalue weighted by Crippen LogP contribution is -2.43. The molecule has 114 valence electrons. The molecule has 1 aliphatic rings. The van der Waals surface area contributed by atoms with Gasteiger partial charge in [0.2, 0.25) is 0 Å². The van der Waals surface area contributed by atoms with Crippen LogP contribution < -0.4 is 0 Å². The lowest BCUT2D eigenvalue weighted by atomic mass is 9.64. The maximum Gasteiger partial charge on any atom is 0.302 e. The van der Waals surface area contributed by atoms with E-state index in [2.05, 4.69) is 33.4 Å². The number of carbonyl (C=O) groups excluding carboxylic acids is 1. The fourth-order valence-electron chi connectivity index (χ4n) is 3.09. The second-order valence-corrected chi connectivity index (χ2v) is 6.76. The molecule has 0 saturated heterocycles. The van der Waals surface area contributed by atoms with E-state index >= 15 is 0 Å². The molecule has 0 bridgehead atoms. The quantitative estimate of drug-likeness (QED) is 0.618. The van der Waals surface area contributed by atoms with E-state index in [9.17, 15) is 9.90 Å². The standard InChI is InChI=1S/C17H28O3/c1-7-17(6,19)11-10-14-12(2)8-9-15(16(14,4)5)20-13(3)18/h7-8,14-15,19H,1,9-11H2,2-6H3/t14-,15+,17+/m1/s1. The molecule has 0 aromatic rings. The van der Waals surface area contributed by atoms with Crippen LogP contribution in [0.3, 0.4) is 0 Å². The van der Waals surface area contributed by atoms with E-state index in [4.69, 9.17) is 4.74 Å². The van der Waals surface area contributed by atoms with Gasteiger partial charge in [-0.25, -0.2) is 0 Å². The first-order valence-electron chi connectivity index (χ1n) is 7.30. The first-order chi connectivity index (χ1) is 9.10. The molecule has 3 heteroatoms. The Bertz CT molecular complexity index is 404. The third-order valence-electron chi connectivity index (χ3n) is 4.62. The minimum Gasteiger partial charge on any atom is -0.462 e. The zero-order valence-electron chi connectivity index (χ0n) is 13.4. The summed E-state index contributed by atoms with van der Waals surface area (Å²) in [7, 11) is 0. The van der Waals surface area contributed by atoms with Crippen molar-refractivity contribution in [1.82, 2.24) is 0 Å². The monoisotopic (exact) mass is 280 g/mol. The molecule has 0 fully saturated rings. The minimum atomic E-state index is -0.843. The van der Waals surface area contributed by atoms with Gasteiger partial charge in [0.1, 0.15) is 6.10 Å². The van der Waals surface area contributed by atoms with Crippen LogP contribution in [0.5, 0.6) is 0 Å². The van der Waals surface area contributed by atoms with Crippen LogP contribution in [-0.2, 0) is 9.53 Å². The van der Waals surface area contributed by atoms with Crippen molar-refractivity contribution in [3.63, 3.8) is 0 Å². The highest BCUT2D eigenvalue weighted by Gasteiger charge is 2.42. The summed E-state index contributed by atoms with van der Waals surface area (Å²) in [6.45, 7) is 13.3. The van der Waals surface area contributed by atoms with Gasteiger partial charge in [0, 0.05) is 18.8 Å². The molecular formula is C17H28O3. The van der Waals surface area contributed by atoms with Crippen LogP contribution in [0.25, 0.3) is 0 Å². The van der Waals surface area contributed by atoms with Crippen molar-refractivity contribution in [2.75, 3.05) is 0 Å². The molecule has 0 aliphatic heterocycles. The molecule has 3 atom stereocenters. The fraction of sp³-hybridized carbons (Fsp3) is 0.706. The van der Waals surface area contributed by atoms with Crippen LogP contribution >= 0.6 is 0 Å². The van der Waals surface area contributed by atoms with E-state index in [0.717, 1.165) is 12.8 Å². The van der Waals surface area contributed by atoms with Gasteiger partial charge in [0.05, 0.1) is 5.60 Å². The highest BCUT2D eigenvalue weighted by atomic mass is 16.5. The summed E-state index contributed by atoms with van der Waals surface area (Å²) in [5.41, 5.74) is 0.352. The zero-order valence-corrected chi connectivity index (χ0v) is 13.4. The van der Waals surface area contributed by atoms with Crippen molar-refractivity contribution < 1.29 is 14.6 Å². The van der Waals surface area contributed by atoms with Crippen molar-refractivity contribution in [1.29, 1.82) is 0 Å². The molecule has 0 amide bonds. The molecule has 20 heavy (non-hydrogen) atoms. The molecule has 1 N–H and O–H groups in total. The summed E-state index contributed by atoms with van der Waals surface area (Å²) >= 11 is 0. The van der Waals surface area contributed by atoms with Crippen molar-refractivity contribution >= 4 is 5.97 Å². The molecule has 0 aromatic carbocycles. The molecule has 1 aliphatic carbocycles. The van der Waals surface area contributed by atoms with E-state index in [1.807, 2.05) is 0 Å². The summed E-state index contributed by atoms with van der Waals surface area (Å²) in [4.78, 5) is 11.3. The summed E-state index contributed by atoms with van der Waals surface area (Å²) in [6, 6.07) is 0. The molecule has 0 radical (unpaired) electrons. The molecule has 0 spiro atoms. The van der Waals surface area contributed by atoms with Gasteiger partial charge in [-0.05, 0) is 32.6 Å². The second kappa shape index (κ2) is 6.13. The fourth-order valence-corrected chi connectivity index (χ4v) is 3.09. The number of esters is 1. The number of hydrogen-bond acceptors (Lipinski definition) is 3. The highest BCUT2D eigenvalue weighted by Crippen LogP contribution is 2.45. The van der Waals surface area contributed by atoms with Crippen LogP contribution in [0.1, 0.15) is 53.9 Å². The largest absolute Gasteiger partial charge is 0.462 e. The Morgan fingerprint density at radius 1 is 1.65 bits per heavy atom. The lowest BCUT2D eigenvalue weighted by Gasteiger charge is -2.44. The maximum absolute atomic E-state index is 11.3.